The maximum absolute atomic E-state index is 12.8. The standard InChI is InChI=1S/C17H25N3O3S2/c1-17(2,3)14-7-8-15(24-14)25(21,22)19-13-6-5-9-23-16(13)12-10-18-20(4)11-12/h7-8,10-11,13,16,19H,5-6,9H2,1-4H3/t13-,16+/m0/s1. The fourth-order valence-electron chi connectivity index (χ4n) is 2.94. The third-order valence-corrected chi connectivity index (χ3v) is 7.76. The average molecular weight is 384 g/mol. The van der Waals surface area contributed by atoms with Crippen molar-refractivity contribution in [3.8, 4) is 0 Å². The topological polar surface area (TPSA) is 73.2 Å². The lowest BCUT2D eigenvalue weighted by molar-refractivity contribution is -0.00445. The number of rotatable bonds is 4. The highest BCUT2D eigenvalue weighted by atomic mass is 32.2. The lowest BCUT2D eigenvalue weighted by Gasteiger charge is -2.31. The summed E-state index contributed by atoms with van der Waals surface area (Å²) in [4.78, 5) is 1.05. The quantitative estimate of drug-likeness (QED) is 0.881. The largest absolute Gasteiger partial charge is 0.372 e. The van der Waals surface area contributed by atoms with Crippen molar-refractivity contribution >= 4 is 21.4 Å². The zero-order valence-electron chi connectivity index (χ0n) is 15.0. The molecular formula is C17H25N3O3S2. The van der Waals surface area contributed by atoms with E-state index in [1.54, 1.807) is 16.9 Å². The molecule has 0 aromatic carbocycles. The van der Waals surface area contributed by atoms with Gasteiger partial charge >= 0.3 is 0 Å². The SMILES string of the molecule is Cn1cc([C@H]2OCCC[C@@H]2NS(=O)(=O)c2ccc(C(C)(C)C)s2)cn1. The van der Waals surface area contributed by atoms with Gasteiger partial charge in [0.15, 0.2) is 0 Å². The average Bonchev–Trinajstić information content (AvgIpc) is 3.16. The number of aryl methyl sites for hydroxylation is 1. The monoisotopic (exact) mass is 383 g/mol. The Morgan fingerprint density at radius 3 is 2.72 bits per heavy atom. The molecule has 1 saturated heterocycles. The number of ether oxygens (including phenoxy) is 1. The summed E-state index contributed by atoms with van der Waals surface area (Å²) in [5.41, 5.74) is 0.835. The number of hydrogen-bond donors (Lipinski definition) is 1. The van der Waals surface area contributed by atoms with E-state index in [0.717, 1.165) is 23.3 Å². The molecule has 1 fully saturated rings. The molecule has 1 N–H and O–H groups in total. The number of aromatic nitrogens is 2. The van der Waals surface area contributed by atoms with E-state index in [1.165, 1.54) is 11.3 Å². The molecule has 0 aliphatic carbocycles. The smallest absolute Gasteiger partial charge is 0.250 e. The lowest BCUT2D eigenvalue weighted by Crippen LogP contribution is -2.42. The summed E-state index contributed by atoms with van der Waals surface area (Å²) in [7, 11) is -1.73. The predicted octanol–water partition coefficient (Wildman–Crippen LogP) is 2.98. The summed E-state index contributed by atoms with van der Waals surface area (Å²) in [6, 6.07) is 3.30. The van der Waals surface area contributed by atoms with E-state index in [2.05, 4.69) is 30.6 Å². The highest BCUT2D eigenvalue weighted by Crippen LogP contribution is 2.33. The number of nitrogens with one attached hydrogen (secondary N) is 1. The second-order valence-corrected chi connectivity index (χ2v) is 10.5. The predicted molar refractivity (Wildman–Crippen MR) is 98.3 cm³/mol. The van der Waals surface area contributed by atoms with Crippen molar-refractivity contribution in [2.75, 3.05) is 6.61 Å². The Morgan fingerprint density at radius 1 is 1.36 bits per heavy atom. The molecule has 3 rings (SSSR count). The second kappa shape index (κ2) is 6.83. The van der Waals surface area contributed by atoms with Gasteiger partial charge in [0.2, 0.25) is 10.0 Å². The van der Waals surface area contributed by atoms with Crippen molar-refractivity contribution in [3.05, 3.63) is 35.0 Å². The van der Waals surface area contributed by atoms with Crippen molar-refractivity contribution in [3.63, 3.8) is 0 Å². The van der Waals surface area contributed by atoms with Crippen LogP contribution >= 0.6 is 11.3 Å². The van der Waals surface area contributed by atoms with Crippen LogP contribution in [0.1, 0.15) is 50.2 Å². The third-order valence-electron chi connectivity index (χ3n) is 4.27. The highest BCUT2D eigenvalue weighted by Gasteiger charge is 2.33. The van der Waals surface area contributed by atoms with Gasteiger partial charge in [-0.3, -0.25) is 4.68 Å². The fraction of sp³-hybridized carbons (Fsp3) is 0.588. The summed E-state index contributed by atoms with van der Waals surface area (Å²) < 4.78 is 36.5. The molecule has 0 amide bonds. The molecule has 2 atom stereocenters. The van der Waals surface area contributed by atoms with Gasteiger partial charge < -0.3 is 4.74 Å². The van der Waals surface area contributed by atoms with Gasteiger partial charge in [-0.05, 0) is 30.4 Å². The Kier molecular flexibility index (Phi) is 5.07. The minimum atomic E-state index is -3.57. The van der Waals surface area contributed by atoms with Crippen molar-refractivity contribution in [2.45, 2.75) is 55.4 Å². The van der Waals surface area contributed by atoms with Crippen LogP contribution in [0.2, 0.25) is 0 Å². The first-order valence-electron chi connectivity index (χ1n) is 8.39. The van der Waals surface area contributed by atoms with Crippen molar-refractivity contribution in [1.82, 2.24) is 14.5 Å². The van der Waals surface area contributed by atoms with Gasteiger partial charge in [0, 0.05) is 30.3 Å². The molecule has 8 heteroatoms. The molecule has 0 saturated carbocycles. The Hall–Kier alpha value is -1.22. The molecule has 0 bridgehead atoms. The minimum absolute atomic E-state index is 0.0649. The van der Waals surface area contributed by atoms with Crippen LogP contribution in [0.4, 0.5) is 0 Å². The van der Waals surface area contributed by atoms with E-state index >= 15 is 0 Å². The lowest BCUT2D eigenvalue weighted by atomic mass is 9.95. The molecule has 0 spiro atoms. The van der Waals surface area contributed by atoms with Crippen LogP contribution in [0, 0.1) is 0 Å². The summed E-state index contributed by atoms with van der Waals surface area (Å²) in [5.74, 6) is 0. The Balaban J connectivity index is 1.82. The van der Waals surface area contributed by atoms with Crippen molar-refractivity contribution in [2.24, 2.45) is 7.05 Å². The van der Waals surface area contributed by atoms with E-state index in [9.17, 15) is 8.42 Å². The van der Waals surface area contributed by atoms with Gasteiger partial charge in [-0.15, -0.1) is 11.3 Å². The van der Waals surface area contributed by atoms with Gasteiger partial charge in [0.05, 0.1) is 12.2 Å². The molecule has 2 aromatic heterocycles. The van der Waals surface area contributed by atoms with Gasteiger partial charge in [0.1, 0.15) is 10.3 Å². The second-order valence-electron chi connectivity index (χ2n) is 7.48. The van der Waals surface area contributed by atoms with Crippen LogP contribution < -0.4 is 4.72 Å². The summed E-state index contributed by atoms with van der Waals surface area (Å²) >= 11 is 1.33. The molecule has 138 valence electrons. The Morgan fingerprint density at radius 2 is 2.12 bits per heavy atom. The van der Waals surface area contributed by atoms with Crippen LogP contribution in [-0.4, -0.2) is 30.8 Å². The normalized spacial score (nSPS) is 22.2. The molecule has 0 unspecified atom stereocenters. The number of sulfonamides is 1. The van der Waals surface area contributed by atoms with Crippen LogP contribution in [-0.2, 0) is 27.2 Å². The molecular weight excluding hydrogens is 358 g/mol. The van der Waals surface area contributed by atoms with E-state index in [0.29, 0.717) is 10.8 Å². The van der Waals surface area contributed by atoms with Gasteiger partial charge in [-0.2, -0.15) is 5.10 Å². The maximum Gasteiger partial charge on any atom is 0.250 e. The first-order chi connectivity index (χ1) is 11.7. The molecule has 6 nitrogen and oxygen atoms in total. The highest BCUT2D eigenvalue weighted by molar-refractivity contribution is 7.91. The molecule has 3 heterocycles. The Labute approximate surface area is 153 Å². The van der Waals surface area contributed by atoms with Gasteiger partial charge in [-0.25, -0.2) is 13.1 Å². The van der Waals surface area contributed by atoms with Gasteiger partial charge in [0.25, 0.3) is 0 Å². The summed E-state index contributed by atoms with van der Waals surface area (Å²) in [5, 5.41) is 4.17. The van der Waals surface area contributed by atoms with Crippen LogP contribution in [0.15, 0.2) is 28.7 Å². The van der Waals surface area contributed by atoms with E-state index in [4.69, 9.17) is 4.74 Å². The van der Waals surface area contributed by atoms with Crippen molar-refractivity contribution < 1.29 is 13.2 Å². The zero-order valence-corrected chi connectivity index (χ0v) is 16.7. The molecule has 0 radical (unpaired) electrons. The van der Waals surface area contributed by atoms with Crippen molar-refractivity contribution in [1.29, 1.82) is 0 Å². The molecule has 2 aromatic rings. The minimum Gasteiger partial charge on any atom is -0.372 e. The van der Waals surface area contributed by atoms with Crippen LogP contribution in [0.25, 0.3) is 0 Å². The summed E-state index contributed by atoms with van der Waals surface area (Å²) in [6.45, 7) is 6.87. The van der Waals surface area contributed by atoms with Gasteiger partial charge in [-0.1, -0.05) is 20.8 Å². The van der Waals surface area contributed by atoms with Crippen LogP contribution in [0.5, 0.6) is 0 Å². The van der Waals surface area contributed by atoms with E-state index < -0.39 is 10.0 Å². The van der Waals surface area contributed by atoms with Crippen LogP contribution in [0.3, 0.4) is 0 Å². The first-order valence-corrected chi connectivity index (χ1v) is 10.7. The summed E-state index contributed by atoms with van der Waals surface area (Å²) in [6.07, 6.45) is 4.89. The maximum atomic E-state index is 12.8. The van der Waals surface area contributed by atoms with E-state index in [1.807, 2.05) is 19.3 Å². The fourth-order valence-corrected chi connectivity index (χ4v) is 5.59. The van der Waals surface area contributed by atoms with E-state index in [-0.39, 0.29) is 17.6 Å². The Bertz CT molecular complexity index is 833. The molecule has 25 heavy (non-hydrogen) atoms. The molecule has 1 aliphatic rings. The number of nitrogens with zero attached hydrogens (tertiary/aromatic N) is 2. The first kappa shape index (κ1) is 18.6. The third kappa shape index (κ3) is 4.13. The molecule has 1 aliphatic heterocycles. The number of thiophene rings is 1. The zero-order chi connectivity index (χ0) is 18.2. The number of hydrogen-bond acceptors (Lipinski definition) is 5.